The van der Waals surface area contributed by atoms with Crippen LogP contribution in [-0.4, -0.2) is 7.11 Å². The van der Waals surface area contributed by atoms with Crippen molar-refractivity contribution in [3.8, 4) is 90.5 Å². The predicted octanol–water partition coefficient (Wildman–Crippen LogP) is 25.7. The lowest BCUT2D eigenvalue weighted by Gasteiger charge is -2.18. The number of ether oxygens (including phenoxy) is 9. The van der Waals surface area contributed by atoms with E-state index >= 15 is 0 Å². The monoisotopic (exact) mass is 1470 g/mol. The predicted molar refractivity (Wildman–Crippen MR) is 455 cm³/mol. The van der Waals surface area contributed by atoms with Crippen molar-refractivity contribution < 1.29 is 42.6 Å². The zero-order valence-electron chi connectivity index (χ0n) is 62.8. The maximum absolute atomic E-state index is 6.60. The fraction of sp³-hybridized carbons (Fsp3) is 0.0962. The van der Waals surface area contributed by atoms with E-state index in [-0.39, 0.29) is 0 Å². The second-order valence-corrected chi connectivity index (χ2v) is 28.2. The SMILES string of the molecule is COCc1cc(OCc2ccc(-c3c4ccccc4c(-c4ccc(COc5cc(COc6ccccc6)cc(COc6ccccc6)c5)cc4)c4ccccc34)cc2)cc(OCc2ccc(-c3c4ccccc4c(-c4ccc(COc5cc(COc6ccccc6)cc(COc6ccccc6)c5)cc4)c4ccccc34)cc2)c1. The third-order valence-electron chi connectivity index (χ3n) is 20.4. The van der Waals surface area contributed by atoms with E-state index in [1.807, 2.05) is 140 Å². The third kappa shape index (κ3) is 17.3. The van der Waals surface area contributed by atoms with Crippen LogP contribution in [0.25, 0.3) is 87.6 Å². The van der Waals surface area contributed by atoms with Crippen LogP contribution in [0.1, 0.15) is 50.1 Å². The number of methoxy groups -OCH3 is 1. The first kappa shape index (κ1) is 72.0. The lowest BCUT2D eigenvalue weighted by atomic mass is 9.86. The van der Waals surface area contributed by atoms with Gasteiger partial charge >= 0.3 is 0 Å². The quantitative estimate of drug-likeness (QED) is 0.0409. The van der Waals surface area contributed by atoms with E-state index in [1.165, 1.54) is 65.3 Å². The normalized spacial score (nSPS) is 11.2. The lowest BCUT2D eigenvalue weighted by molar-refractivity contribution is 0.183. The molecule has 0 saturated carbocycles. The Hall–Kier alpha value is -13.9. The van der Waals surface area contributed by atoms with Crippen LogP contribution >= 0.6 is 0 Å². The van der Waals surface area contributed by atoms with Gasteiger partial charge in [-0.15, -0.1) is 0 Å². The number of fused-ring (bicyclic) bond motifs is 4. The fourth-order valence-electron chi connectivity index (χ4n) is 15.0. The van der Waals surface area contributed by atoms with Crippen LogP contribution in [-0.2, 0) is 64.2 Å². The van der Waals surface area contributed by atoms with Gasteiger partial charge in [0.25, 0.3) is 0 Å². The molecule has 0 heterocycles. The number of hydrogen-bond donors (Lipinski definition) is 0. The van der Waals surface area contributed by atoms with E-state index in [1.54, 1.807) is 7.11 Å². The van der Waals surface area contributed by atoms with Crippen molar-refractivity contribution in [2.24, 2.45) is 0 Å². The van der Waals surface area contributed by atoms with Crippen molar-refractivity contribution in [2.45, 2.75) is 59.5 Å². The van der Waals surface area contributed by atoms with Crippen LogP contribution in [0.2, 0.25) is 0 Å². The van der Waals surface area contributed by atoms with Crippen LogP contribution in [0.3, 0.4) is 0 Å². The van der Waals surface area contributed by atoms with Gasteiger partial charge in [-0.1, -0.05) is 267 Å². The molecule has 0 aliphatic rings. The standard InChI is InChI=1S/C104H82O9/c1-105-63-80-60-91(112-66-74-42-50-83(51-43-74)103-97-34-18-14-30-93(97)101(94-31-15-19-35-98(94)103)81-46-38-72(39-47-81)64-110-89-56-76(68-106-85-22-6-2-7-23-85)54-77(57-89)69-107-86-24-8-3-9-25-86)62-92(61-80)113-67-75-44-52-84(53-45-75)104-99-36-20-16-32-95(99)102(96-33-17-21-37-100(96)104)82-48-40-73(41-49-82)65-111-90-58-78(70-108-87-26-10-4-11-27-87)55-79(59-90)71-109-88-28-12-5-13-29-88/h2-62H,63-71H2,1H3. The molecule has 113 heavy (non-hydrogen) atoms. The summed E-state index contributed by atoms with van der Waals surface area (Å²) >= 11 is 0. The second kappa shape index (κ2) is 34.4. The minimum Gasteiger partial charge on any atom is -0.489 e. The van der Waals surface area contributed by atoms with Gasteiger partial charge in [-0.25, -0.2) is 0 Å². The van der Waals surface area contributed by atoms with E-state index in [0.717, 1.165) is 107 Å². The molecule has 552 valence electrons. The first-order valence-electron chi connectivity index (χ1n) is 38.3. The molecule has 0 radical (unpaired) electrons. The number of rotatable bonds is 30. The average Bonchev–Trinajstić information content (AvgIpc) is 0.741. The summed E-state index contributed by atoms with van der Waals surface area (Å²) in [5.41, 5.74) is 18.4. The van der Waals surface area contributed by atoms with Gasteiger partial charge in [-0.05, 0) is 235 Å². The van der Waals surface area contributed by atoms with E-state index < -0.39 is 0 Å². The van der Waals surface area contributed by atoms with Crippen LogP contribution in [0, 0.1) is 0 Å². The molecule has 17 aromatic rings. The Morgan fingerprint density at radius 2 is 0.327 bits per heavy atom. The zero-order chi connectivity index (χ0) is 75.9. The molecule has 0 amide bonds. The first-order valence-corrected chi connectivity index (χ1v) is 38.3. The molecule has 0 aliphatic carbocycles. The largest absolute Gasteiger partial charge is 0.489 e. The minimum atomic E-state index is 0.365. The average molecular weight is 1480 g/mol. The summed E-state index contributed by atoms with van der Waals surface area (Å²) in [5.74, 6) is 6.16. The maximum atomic E-state index is 6.60. The van der Waals surface area contributed by atoms with E-state index in [4.69, 9.17) is 42.6 Å². The van der Waals surface area contributed by atoms with Crippen molar-refractivity contribution >= 4 is 43.1 Å². The first-order chi connectivity index (χ1) is 55.9. The smallest absolute Gasteiger partial charge is 0.123 e. The molecule has 0 unspecified atom stereocenters. The highest BCUT2D eigenvalue weighted by molar-refractivity contribution is 6.22. The summed E-state index contributed by atoms with van der Waals surface area (Å²) in [4.78, 5) is 0. The third-order valence-corrected chi connectivity index (χ3v) is 20.4. The van der Waals surface area contributed by atoms with Gasteiger partial charge in [0.05, 0.1) is 6.61 Å². The van der Waals surface area contributed by atoms with Crippen molar-refractivity contribution in [2.75, 3.05) is 7.11 Å². The minimum absolute atomic E-state index is 0.365. The Bertz CT molecular complexity index is 5490. The summed E-state index contributed by atoms with van der Waals surface area (Å²) in [7, 11) is 1.71. The lowest BCUT2D eigenvalue weighted by Crippen LogP contribution is -2.02. The van der Waals surface area contributed by atoms with E-state index in [0.29, 0.717) is 71.0 Å². The highest BCUT2D eigenvalue weighted by Crippen LogP contribution is 2.46. The molecular weight excluding hydrogens is 1390 g/mol. The van der Waals surface area contributed by atoms with Crippen molar-refractivity contribution in [1.29, 1.82) is 0 Å². The molecule has 0 spiro atoms. The maximum Gasteiger partial charge on any atom is 0.123 e. The topological polar surface area (TPSA) is 83.1 Å². The van der Waals surface area contributed by atoms with E-state index in [2.05, 4.69) is 231 Å². The van der Waals surface area contributed by atoms with Crippen LogP contribution in [0.5, 0.6) is 46.0 Å². The Morgan fingerprint density at radius 3 is 0.540 bits per heavy atom. The summed E-state index contributed by atoms with van der Waals surface area (Å²) < 4.78 is 56.6. The molecule has 0 fully saturated rings. The fourth-order valence-corrected chi connectivity index (χ4v) is 15.0. The van der Waals surface area contributed by atoms with Crippen LogP contribution in [0.15, 0.2) is 370 Å². The highest BCUT2D eigenvalue weighted by Gasteiger charge is 2.21. The molecule has 9 heteroatoms. The summed E-state index contributed by atoms with van der Waals surface area (Å²) in [6.45, 7) is 3.52. The number of hydrogen-bond acceptors (Lipinski definition) is 9. The highest BCUT2D eigenvalue weighted by atomic mass is 16.5. The van der Waals surface area contributed by atoms with Gasteiger partial charge in [0.1, 0.15) is 98.9 Å². The van der Waals surface area contributed by atoms with Gasteiger partial charge in [-0.2, -0.15) is 0 Å². The molecule has 0 aromatic heterocycles. The molecule has 0 atom stereocenters. The molecule has 0 aliphatic heterocycles. The second-order valence-electron chi connectivity index (χ2n) is 28.2. The van der Waals surface area contributed by atoms with Gasteiger partial charge in [0, 0.05) is 13.2 Å². The zero-order valence-corrected chi connectivity index (χ0v) is 62.8. The Morgan fingerprint density at radius 1 is 0.150 bits per heavy atom. The molecule has 0 bridgehead atoms. The van der Waals surface area contributed by atoms with Crippen LogP contribution < -0.4 is 37.9 Å². The molecule has 9 nitrogen and oxygen atoms in total. The number of para-hydroxylation sites is 4. The number of benzene rings is 17. The summed E-state index contributed by atoms with van der Waals surface area (Å²) in [5, 5.41) is 9.45. The van der Waals surface area contributed by atoms with Gasteiger partial charge < -0.3 is 42.6 Å². The van der Waals surface area contributed by atoms with Crippen LogP contribution in [0.4, 0.5) is 0 Å². The molecule has 0 N–H and O–H groups in total. The van der Waals surface area contributed by atoms with Crippen molar-refractivity contribution in [3.05, 3.63) is 420 Å². The Kier molecular flexibility index (Phi) is 21.9. The molecule has 17 rings (SSSR count). The molecular formula is C104H82O9. The Labute approximate surface area is 659 Å². The van der Waals surface area contributed by atoms with Crippen molar-refractivity contribution in [1.82, 2.24) is 0 Å². The van der Waals surface area contributed by atoms with Gasteiger partial charge in [-0.3, -0.25) is 0 Å². The summed E-state index contributed by atoms with van der Waals surface area (Å²) in [6.07, 6.45) is 0. The van der Waals surface area contributed by atoms with Gasteiger partial charge in [0.15, 0.2) is 0 Å². The van der Waals surface area contributed by atoms with Crippen molar-refractivity contribution in [3.63, 3.8) is 0 Å². The van der Waals surface area contributed by atoms with Gasteiger partial charge in [0.2, 0.25) is 0 Å². The van der Waals surface area contributed by atoms with E-state index in [9.17, 15) is 0 Å². The summed E-state index contributed by atoms with van der Waals surface area (Å²) in [6, 6.07) is 128. The Balaban J connectivity index is 0.554. The molecule has 0 saturated heterocycles. The molecule has 17 aromatic carbocycles.